The first-order valence-corrected chi connectivity index (χ1v) is 6.75. The van der Waals surface area contributed by atoms with Gasteiger partial charge in [-0.25, -0.2) is 0 Å². The molecule has 1 fully saturated rings. The van der Waals surface area contributed by atoms with E-state index in [2.05, 4.69) is 48.6 Å². The molecule has 0 bridgehead atoms. The summed E-state index contributed by atoms with van der Waals surface area (Å²) in [6, 6.07) is 8.68. The minimum Gasteiger partial charge on any atom is -0.381 e. The number of nitrogens with zero attached hydrogens (tertiary/aromatic N) is 1. The van der Waals surface area contributed by atoms with Gasteiger partial charge in [0, 0.05) is 26.2 Å². The minimum absolute atomic E-state index is 0.700. The standard InChI is InChI=1S/C15H24N2O/c1-17(2)11-15-6-4-3-5-14(15)10-16-9-13-7-8-18-12-13/h3-6,13,16H,7-12H2,1-2H3. The molecule has 1 aromatic rings. The van der Waals surface area contributed by atoms with Gasteiger partial charge in [0.1, 0.15) is 0 Å². The van der Waals surface area contributed by atoms with Crippen molar-refractivity contribution in [2.24, 2.45) is 5.92 Å². The highest BCUT2D eigenvalue weighted by Gasteiger charge is 2.14. The first kappa shape index (κ1) is 13.5. The van der Waals surface area contributed by atoms with Gasteiger partial charge in [-0.05, 0) is 37.6 Å². The van der Waals surface area contributed by atoms with Gasteiger partial charge < -0.3 is 15.0 Å². The van der Waals surface area contributed by atoms with E-state index >= 15 is 0 Å². The third-order valence-corrected chi connectivity index (χ3v) is 3.38. The van der Waals surface area contributed by atoms with Crippen LogP contribution in [0.25, 0.3) is 0 Å². The first-order chi connectivity index (χ1) is 8.75. The maximum Gasteiger partial charge on any atom is 0.0507 e. The van der Waals surface area contributed by atoms with Gasteiger partial charge in [-0.2, -0.15) is 0 Å². The number of ether oxygens (including phenoxy) is 1. The molecule has 1 aliphatic rings. The van der Waals surface area contributed by atoms with Crippen LogP contribution in [0.4, 0.5) is 0 Å². The van der Waals surface area contributed by atoms with Crippen molar-refractivity contribution in [2.45, 2.75) is 19.5 Å². The normalized spacial score (nSPS) is 19.6. The largest absolute Gasteiger partial charge is 0.381 e. The molecular weight excluding hydrogens is 224 g/mol. The van der Waals surface area contributed by atoms with E-state index in [4.69, 9.17) is 4.74 Å². The van der Waals surface area contributed by atoms with Gasteiger partial charge >= 0.3 is 0 Å². The van der Waals surface area contributed by atoms with E-state index in [9.17, 15) is 0 Å². The first-order valence-electron chi connectivity index (χ1n) is 6.75. The Morgan fingerprint density at radius 2 is 2.06 bits per heavy atom. The van der Waals surface area contributed by atoms with Gasteiger partial charge in [0.15, 0.2) is 0 Å². The van der Waals surface area contributed by atoms with Crippen molar-refractivity contribution in [1.82, 2.24) is 10.2 Å². The lowest BCUT2D eigenvalue weighted by Gasteiger charge is -2.15. The molecule has 0 amide bonds. The third kappa shape index (κ3) is 4.09. The SMILES string of the molecule is CN(C)Cc1ccccc1CNCC1CCOC1. The third-order valence-electron chi connectivity index (χ3n) is 3.38. The van der Waals surface area contributed by atoms with Crippen molar-refractivity contribution in [3.05, 3.63) is 35.4 Å². The van der Waals surface area contributed by atoms with Gasteiger partial charge in [-0.15, -0.1) is 0 Å². The van der Waals surface area contributed by atoms with Crippen LogP contribution in [0.3, 0.4) is 0 Å². The second-order valence-electron chi connectivity index (χ2n) is 5.37. The summed E-state index contributed by atoms with van der Waals surface area (Å²) in [5, 5.41) is 3.56. The fourth-order valence-electron chi connectivity index (χ4n) is 2.38. The smallest absolute Gasteiger partial charge is 0.0507 e. The Labute approximate surface area is 110 Å². The van der Waals surface area contributed by atoms with Crippen LogP contribution in [0.15, 0.2) is 24.3 Å². The van der Waals surface area contributed by atoms with Crippen molar-refractivity contribution < 1.29 is 4.74 Å². The predicted octanol–water partition coefficient (Wildman–Crippen LogP) is 1.87. The molecule has 1 aromatic carbocycles. The molecule has 0 spiro atoms. The zero-order valence-corrected chi connectivity index (χ0v) is 11.5. The zero-order chi connectivity index (χ0) is 12.8. The van der Waals surface area contributed by atoms with E-state index in [1.54, 1.807) is 0 Å². The van der Waals surface area contributed by atoms with Crippen LogP contribution in [0.2, 0.25) is 0 Å². The Balaban J connectivity index is 1.83. The maximum absolute atomic E-state index is 5.39. The number of nitrogens with one attached hydrogen (secondary N) is 1. The van der Waals surface area contributed by atoms with E-state index in [0.717, 1.165) is 32.8 Å². The average molecular weight is 248 g/mol. The van der Waals surface area contributed by atoms with Gasteiger partial charge in [0.25, 0.3) is 0 Å². The van der Waals surface area contributed by atoms with Crippen LogP contribution in [-0.2, 0) is 17.8 Å². The molecule has 3 nitrogen and oxygen atoms in total. The van der Waals surface area contributed by atoms with Crippen LogP contribution >= 0.6 is 0 Å². The Kier molecular flexibility index (Phi) is 5.17. The van der Waals surface area contributed by atoms with Crippen LogP contribution in [0.5, 0.6) is 0 Å². The summed E-state index contributed by atoms with van der Waals surface area (Å²) in [5.74, 6) is 0.700. The summed E-state index contributed by atoms with van der Waals surface area (Å²) >= 11 is 0. The van der Waals surface area contributed by atoms with Crippen LogP contribution in [0.1, 0.15) is 17.5 Å². The Hall–Kier alpha value is -0.900. The topological polar surface area (TPSA) is 24.5 Å². The van der Waals surface area contributed by atoms with E-state index in [1.165, 1.54) is 17.5 Å². The van der Waals surface area contributed by atoms with Gasteiger partial charge in [0.05, 0.1) is 6.61 Å². The highest BCUT2D eigenvalue weighted by Crippen LogP contribution is 2.13. The molecule has 2 rings (SSSR count). The summed E-state index contributed by atoms with van der Waals surface area (Å²) in [6.07, 6.45) is 1.20. The lowest BCUT2D eigenvalue weighted by Crippen LogP contribution is -2.23. The molecule has 1 saturated heterocycles. The molecule has 0 saturated carbocycles. The number of hydrogen-bond donors (Lipinski definition) is 1. The molecule has 0 aromatic heterocycles. The summed E-state index contributed by atoms with van der Waals surface area (Å²) in [4.78, 5) is 2.21. The lowest BCUT2D eigenvalue weighted by molar-refractivity contribution is 0.185. The van der Waals surface area contributed by atoms with Crippen molar-refractivity contribution in [1.29, 1.82) is 0 Å². The predicted molar refractivity (Wildman–Crippen MR) is 74.5 cm³/mol. The quantitative estimate of drug-likeness (QED) is 0.832. The van der Waals surface area contributed by atoms with E-state index in [1.807, 2.05) is 0 Å². The lowest BCUT2D eigenvalue weighted by atomic mass is 10.1. The van der Waals surface area contributed by atoms with Crippen molar-refractivity contribution in [3.8, 4) is 0 Å². The maximum atomic E-state index is 5.39. The van der Waals surface area contributed by atoms with Crippen LogP contribution in [-0.4, -0.2) is 38.8 Å². The highest BCUT2D eigenvalue weighted by molar-refractivity contribution is 5.26. The van der Waals surface area contributed by atoms with E-state index in [0.29, 0.717) is 5.92 Å². The summed E-state index contributed by atoms with van der Waals surface area (Å²) in [7, 11) is 4.22. The fourth-order valence-corrected chi connectivity index (χ4v) is 2.38. The van der Waals surface area contributed by atoms with Crippen molar-refractivity contribution >= 4 is 0 Å². The van der Waals surface area contributed by atoms with Crippen molar-refractivity contribution in [3.63, 3.8) is 0 Å². The summed E-state index contributed by atoms with van der Waals surface area (Å²) in [5.41, 5.74) is 2.82. The van der Waals surface area contributed by atoms with Gasteiger partial charge in [-0.1, -0.05) is 24.3 Å². The molecule has 0 radical (unpaired) electrons. The van der Waals surface area contributed by atoms with Crippen molar-refractivity contribution in [2.75, 3.05) is 33.9 Å². The molecule has 18 heavy (non-hydrogen) atoms. The fraction of sp³-hybridized carbons (Fsp3) is 0.600. The molecule has 3 heteroatoms. The molecule has 1 atom stereocenters. The molecule has 0 aliphatic carbocycles. The van der Waals surface area contributed by atoms with Crippen LogP contribution in [0, 0.1) is 5.92 Å². The summed E-state index contributed by atoms with van der Waals surface area (Å²) in [6.45, 7) is 4.89. The Bertz CT molecular complexity index is 359. The molecule has 1 unspecified atom stereocenters. The van der Waals surface area contributed by atoms with E-state index < -0.39 is 0 Å². The Morgan fingerprint density at radius 3 is 2.72 bits per heavy atom. The highest BCUT2D eigenvalue weighted by atomic mass is 16.5. The summed E-state index contributed by atoms with van der Waals surface area (Å²) < 4.78 is 5.39. The second kappa shape index (κ2) is 6.88. The molecule has 1 aliphatic heterocycles. The van der Waals surface area contributed by atoms with Gasteiger partial charge in [-0.3, -0.25) is 0 Å². The minimum atomic E-state index is 0.700. The molecule has 100 valence electrons. The molecule has 1 N–H and O–H groups in total. The number of hydrogen-bond acceptors (Lipinski definition) is 3. The molecular formula is C15H24N2O. The molecule has 1 heterocycles. The van der Waals surface area contributed by atoms with Gasteiger partial charge in [0.2, 0.25) is 0 Å². The van der Waals surface area contributed by atoms with Crippen LogP contribution < -0.4 is 5.32 Å². The average Bonchev–Trinajstić information content (AvgIpc) is 2.84. The Morgan fingerprint density at radius 1 is 1.28 bits per heavy atom. The second-order valence-corrected chi connectivity index (χ2v) is 5.37. The zero-order valence-electron chi connectivity index (χ0n) is 11.5. The number of rotatable bonds is 6. The van der Waals surface area contributed by atoms with E-state index in [-0.39, 0.29) is 0 Å². The monoisotopic (exact) mass is 248 g/mol. The number of benzene rings is 1.